The van der Waals surface area contributed by atoms with Gasteiger partial charge in [0, 0.05) is 6.54 Å². The Hall–Kier alpha value is -1.06. The minimum atomic E-state index is -0.464. The first-order valence-corrected chi connectivity index (χ1v) is 5.56. The lowest BCUT2D eigenvalue weighted by molar-refractivity contribution is -0.123. The van der Waals surface area contributed by atoms with Gasteiger partial charge in [-0.15, -0.1) is 0 Å². The van der Waals surface area contributed by atoms with Gasteiger partial charge in [-0.05, 0) is 33.0 Å². The zero-order valence-electron chi connectivity index (χ0n) is 9.80. The Morgan fingerprint density at radius 2 is 2.00 bits per heavy atom. The lowest BCUT2D eigenvalue weighted by Gasteiger charge is -2.23. The second kappa shape index (κ2) is 5.32. The van der Waals surface area contributed by atoms with Gasteiger partial charge in [-0.2, -0.15) is 0 Å². The fourth-order valence-electron chi connectivity index (χ4n) is 1.38. The average molecular weight is 241 g/mol. The highest BCUT2D eigenvalue weighted by Crippen LogP contribution is 2.23. The van der Waals surface area contributed by atoms with E-state index in [4.69, 9.17) is 11.6 Å². The molecule has 0 aliphatic carbocycles. The molecule has 16 heavy (non-hydrogen) atoms. The van der Waals surface area contributed by atoms with Crippen molar-refractivity contribution in [2.45, 2.75) is 13.8 Å². The Morgan fingerprint density at radius 3 is 2.56 bits per heavy atom. The molecule has 0 heterocycles. The topological polar surface area (TPSA) is 41.1 Å². The van der Waals surface area contributed by atoms with Crippen LogP contribution in [0, 0.1) is 5.41 Å². The third kappa shape index (κ3) is 3.22. The van der Waals surface area contributed by atoms with Gasteiger partial charge in [0.2, 0.25) is 5.91 Å². The highest BCUT2D eigenvalue weighted by molar-refractivity contribution is 6.33. The second-order valence-electron chi connectivity index (χ2n) is 4.35. The molecule has 3 nitrogen and oxygen atoms in total. The smallest absolute Gasteiger partial charge is 0.231 e. The van der Waals surface area contributed by atoms with Crippen molar-refractivity contribution in [3.8, 4) is 0 Å². The quantitative estimate of drug-likeness (QED) is 0.849. The van der Waals surface area contributed by atoms with Crippen LogP contribution in [0.4, 0.5) is 5.69 Å². The largest absolute Gasteiger partial charge is 0.324 e. The molecule has 1 amide bonds. The molecule has 0 saturated heterocycles. The number of anilines is 1. The van der Waals surface area contributed by atoms with Crippen LogP contribution in [0.5, 0.6) is 0 Å². The number of halogens is 1. The van der Waals surface area contributed by atoms with Crippen LogP contribution >= 0.6 is 11.6 Å². The first kappa shape index (κ1) is 13.0. The Labute approximate surface area is 101 Å². The van der Waals surface area contributed by atoms with Gasteiger partial charge in [-0.25, -0.2) is 0 Å². The third-order valence-corrected chi connectivity index (χ3v) is 2.69. The van der Waals surface area contributed by atoms with Gasteiger partial charge in [0.05, 0.1) is 16.1 Å². The first-order valence-electron chi connectivity index (χ1n) is 5.18. The number of nitrogens with one attached hydrogen (secondary N) is 2. The summed E-state index contributed by atoms with van der Waals surface area (Å²) >= 11 is 5.97. The van der Waals surface area contributed by atoms with Crippen molar-refractivity contribution in [1.29, 1.82) is 0 Å². The molecule has 0 saturated carbocycles. The molecule has 0 aliphatic rings. The molecule has 2 N–H and O–H groups in total. The monoisotopic (exact) mass is 240 g/mol. The van der Waals surface area contributed by atoms with Crippen LogP contribution in [0.15, 0.2) is 24.3 Å². The van der Waals surface area contributed by atoms with E-state index in [0.29, 0.717) is 17.3 Å². The van der Waals surface area contributed by atoms with E-state index in [1.54, 1.807) is 12.1 Å². The number of para-hydroxylation sites is 1. The van der Waals surface area contributed by atoms with Crippen LogP contribution in [0.2, 0.25) is 5.02 Å². The minimum absolute atomic E-state index is 0.0463. The maximum Gasteiger partial charge on any atom is 0.231 e. The molecule has 88 valence electrons. The molecule has 0 spiro atoms. The van der Waals surface area contributed by atoms with Crippen molar-refractivity contribution in [3.63, 3.8) is 0 Å². The molecule has 0 radical (unpaired) electrons. The van der Waals surface area contributed by atoms with Crippen molar-refractivity contribution in [3.05, 3.63) is 29.3 Å². The fourth-order valence-corrected chi connectivity index (χ4v) is 1.56. The molecule has 0 fully saturated rings. The molecule has 1 aromatic rings. The normalized spacial score (nSPS) is 11.2. The average Bonchev–Trinajstić information content (AvgIpc) is 2.21. The maximum atomic E-state index is 12.0. The molecule has 1 aromatic carbocycles. The maximum absolute atomic E-state index is 12.0. The minimum Gasteiger partial charge on any atom is -0.324 e. The Bertz CT molecular complexity index is 377. The Morgan fingerprint density at radius 1 is 1.38 bits per heavy atom. The molecular weight excluding hydrogens is 224 g/mol. The third-order valence-electron chi connectivity index (χ3n) is 2.36. The van der Waals surface area contributed by atoms with Gasteiger partial charge < -0.3 is 10.6 Å². The number of hydrogen-bond acceptors (Lipinski definition) is 2. The molecule has 0 atom stereocenters. The number of amides is 1. The summed E-state index contributed by atoms with van der Waals surface area (Å²) in [5.74, 6) is -0.0463. The number of hydrogen-bond donors (Lipinski definition) is 2. The van der Waals surface area contributed by atoms with Crippen LogP contribution < -0.4 is 10.6 Å². The van der Waals surface area contributed by atoms with Crippen LogP contribution in [0.3, 0.4) is 0 Å². The predicted octanol–water partition coefficient (Wildman–Crippen LogP) is 2.52. The summed E-state index contributed by atoms with van der Waals surface area (Å²) in [5.41, 5.74) is 0.187. The predicted molar refractivity (Wildman–Crippen MR) is 67.8 cm³/mol. The van der Waals surface area contributed by atoms with E-state index in [9.17, 15) is 4.79 Å². The van der Waals surface area contributed by atoms with Gasteiger partial charge in [0.1, 0.15) is 0 Å². The van der Waals surface area contributed by atoms with Gasteiger partial charge in [-0.1, -0.05) is 23.7 Å². The molecule has 0 bridgehead atoms. The van der Waals surface area contributed by atoms with Gasteiger partial charge >= 0.3 is 0 Å². The van der Waals surface area contributed by atoms with Crippen molar-refractivity contribution in [1.82, 2.24) is 5.32 Å². The van der Waals surface area contributed by atoms with Crippen molar-refractivity contribution >= 4 is 23.2 Å². The van der Waals surface area contributed by atoms with Gasteiger partial charge in [0.15, 0.2) is 0 Å². The highest BCUT2D eigenvalue weighted by atomic mass is 35.5. The molecular formula is C12H17ClN2O. The highest BCUT2D eigenvalue weighted by Gasteiger charge is 2.26. The molecule has 0 aliphatic heterocycles. The zero-order chi connectivity index (χ0) is 12.2. The zero-order valence-corrected chi connectivity index (χ0v) is 10.6. The SMILES string of the molecule is CNCC(C)(C)C(=O)Nc1ccccc1Cl. The summed E-state index contributed by atoms with van der Waals surface area (Å²) < 4.78 is 0. The summed E-state index contributed by atoms with van der Waals surface area (Å²) in [7, 11) is 1.82. The second-order valence-corrected chi connectivity index (χ2v) is 4.76. The summed E-state index contributed by atoms with van der Waals surface area (Å²) in [4.78, 5) is 12.0. The van der Waals surface area contributed by atoms with Crippen molar-refractivity contribution < 1.29 is 4.79 Å². The van der Waals surface area contributed by atoms with Crippen LogP contribution in [0.1, 0.15) is 13.8 Å². The number of benzene rings is 1. The first-order chi connectivity index (χ1) is 7.47. The lowest BCUT2D eigenvalue weighted by atomic mass is 9.92. The molecule has 0 aromatic heterocycles. The number of rotatable bonds is 4. The van der Waals surface area contributed by atoms with E-state index in [1.165, 1.54) is 0 Å². The van der Waals surface area contributed by atoms with Gasteiger partial charge in [0.25, 0.3) is 0 Å². The van der Waals surface area contributed by atoms with Crippen LogP contribution in [0.25, 0.3) is 0 Å². The van der Waals surface area contributed by atoms with Crippen molar-refractivity contribution in [2.75, 3.05) is 18.9 Å². The molecule has 4 heteroatoms. The van der Waals surface area contributed by atoms with E-state index in [1.807, 2.05) is 33.0 Å². The molecule has 1 rings (SSSR count). The van der Waals surface area contributed by atoms with Crippen molar-refractivity contribution in [2.24, 2.45) is 5.41 Å². The standard InChI is InChI=1S/C12H17ClN2O/c1-12(2,8-14-3)11(16)15-10-7-5-4-6-9(10)13/h4-7,14H,8H2,1-3H3,(H,15,16). The Kier molecular flexibility index (Phi) is 4.33. The van der Waals surface area contributed by atoms with E-state index in [0.717, 1.165) is 0 Å². The van der Waals surface area contributed by atoms with Crippen LogP contribution in [-0.4, -0.2) is 19.5 Å². The van der Waals surface area contributed by atoms with E-state index in [2.05, 4.69) is 10.6 Å². The number of carbonyl (C=O) groups is 1. The van der Waals surface area contributed by atoms with E-state index in [-0.39, 0.29) is 5.91 Å². The fraction of sp³-hybridized carbons (Fsp3) is 0.417. The summed E-state index contributed by atoms with van der Waals surface area (Å²) in [6.45, 7) is 4.38. The number of carbonyl (C=O) groups excluding carboxylic acids is 1. The summed E-state index contributed by atoms with van der Waals surface area (Å²) in [6, 6.07) is 7.21. The summed E-state index contributed by atoms with van der Waals surface area (Å²) in [6.07, 6.45) is 0. The van der Waals surface area contributed by atoms with E-state index >= 15 is 0 Å². The van der Waals surface area contributed by atoms with E-state index < -0.39 is 5.41 Å². The summed E-state index contributed by atoms with van der Waals surface area (Å²) in [5, 5.41) is 6.37. The Balaban J connectivity index is 2.75. The van der Waals surface area contributed by atoms with Crippen LogP contribution in [-0.2, 0) is 4.79 Å². The lowest BCUT2D eigenvalue weighted by Crippen LogP contribution is -2.38. The van der Waals surface area contributed by atoms with Gasteiger partial charge in [-0.3, -0.25) is 4.79 Å². The molecule has 0 unspecified atom stereocenters.